The van der Waals surface area contributed by atoms with Gasteiger partial charge in [-0.3, -0.25) is 19.3 Å². The van der Waals surface area contributed by atoms with Gasteiger partial charge in [-0.2, -0.15) is 0 Å². The number of hydrogen-bond acceptors (Lipinski definition) is 4. The van der Waals surface area contributed by atoms with Gasteiger partial charge >= 0.3 is 0 Å². The second-order valence-electron chi connectivity index (χ2n) is 7.66. The van der Waals surface area contributed by atoms with Gasteiger partial charge in [0.2, 0.25) is 11.8 Å². The quantitative estimate of drug-likeness (QED) is 0.555. The van der Waals surface area contributed by atoms with E-state index in [0.717, 1.165) is 25.7 Å². The zero-order valence-electron chi connectivity index (χ0n) is 17.9. The van der Waals surface area contributed by atoms with Crippen LogP contribution in [-0.4, -0.2) is 47.2 Å². The Morgan fingerprint density at radius 2 is 1.91 bits per heavy atom. The third-order valence-electron chi connectivity index (χ3n) is 5.23. The maximum absolute atomic E-state index is 12.8. The number of aromatic nitrogens is 1. The van der Waals surface area contributed by atoms with Crippen LogP contribution < -0.4 is 10.2 Å². The topological polar surface area (TPSA) is 82.6 Å². The van der Waals surface area contributed by atoms with Crippen molar-refractivity contribution in [3.8, 4) is 0 Å². The van der Waals surface area contributed by atoms with Crippen LogP contribution in [0.25, 0.3) is 0 Å². The third-order valence-corrected chi connectivity index (χ3v) is 5.80. The smallest absolute Gasteiger partial charge is 0.255 e. The Morgan fingerprint density at radius 1 is 1.09 bits per heavy atom. The van der Waals surface area contributed by atoms with E-state index in [9.17, 15) is 14.4 Å². The number of nitrogens with one attached hydrogen (secondary N) is 1. The summed E-state index contributed by atoms with van der Waals surface area (Å²) in [5, 5.41) is 3.52. The summed E-state index contributed by atoms with van der Waals surface area (Å²) in [5.41, 5.74) is 0.861. The Bertz CT molecular complexity index is 982. The van der Waals surface area contributed by atoms with Gasteiger partial charge in [0, 0.05) is 24.5 Å². The van der Waals surface area contributed by atoms with Gasteiger partial charge in [-0.15, -0.1) is 0 Å². The van der Waals surface area contributed by atoms with Crippen molar-refractivity contribution in [1.29, 1.82) is 0 Å². The molecule has 0 radical (unpaired) electrons. The molecule has 9 heteroatoms. The molecule has 1 aromatic carbocycles. The molecule has 1 aliphatic rings. The van der Waals surface area contributed by atoms with Crippen molar-refractivity contribution in [2.75, 3.05) is 29.9 Å². The van der Waals surface area contributed by atoms with E-state index in [1.54, 1.807) is 24.3 Å². The van der Waals surface area contributed by atoms with Gasteiger partial charge in [0.15, 0.2) is 0 Å². The fraction of sp³-hybridized carbons (Fsp3) is 0.391. The molecular weight excluding hydrogens is 451 g/mol. The zero-order chi connectivity index (χ0) is 23.1. The lowest BCUT2D eigenvalue weighted by molar-refractivity contribution is -0.120. The second-order valence-corrected chi connectivity index (χ2v) is 8.50. The summed E-state index contributed by atoms with van der Waals surface area (Å²) in [7, 11) is 0. The van der Waals surface area contributed by atoms with Crippen LogP contribution in [0.1, 0.15) is 49.4 Å². The number of carbonyl (C=O) groups excluding carboxylic acids is 3. The number of amides is 3. The minimum Gasteiger partial charge on any atom is -0.327 e. The van der Waals surface area contributed by atoms with Gasteiger partial charge in [-0.05, 0) is 36.8 Å². The first-order valence-electron chi connectivity index (χ1n) is 10.7. The van der Waals surface area contributed by atoms with Gasteiger partial charge in [0.25, 0.3) is 5.91 Å². The van der Waals surface area contributed by atoms with Crippen molar-refractivity contribution in [2.45, 2.75) is 39.0 Å². The summed E-state index contributed by atoms with van der Waals surface area (Å²) < 4.78 is 0. The molecule has 32 heavy (non-hydrogen) atoms. The molecule has 2 heterocycles. The van der Waals surface area contributed by atoms with Gasteiger partial charge < -0.3 is 10.2 Å². The summed E-state index contributed by atoms with van der Waals surface area (Å²) in [6, 6.07) is 8.08. The molecule has 7 nitrogen and oxygen atoms in total. The van der Waals surface area contributed by atoms with Crippen LogP contribution in [-0.2, 0) is 9.59 Å². The molecule has 1 aliphatic heterocycles. The van der Waals surface area contributed by atoms with Crippen LogP contribution in [0, 0.1) is 0 Å². The molecule has 2 aromatic rings. The number of nitrogens with zero attached hydrogens (tertiary/aromatic N) is 3. The standard InChI is InChI=1S/C23H26Cl2N4O3/c1-2-3-4-5-6-21(30)27-17-8-10-20(26-14-17)29-12-11-28(15-22(29)31)23(32)18-13-16(24)7-9-19(18)25/h7-10,13-14H,2-6,11-12,15H2,1H3,(H,27,30). The number of halogens is 2. The van der Waals surface area contributed by atoms with Crippen molar-refractivity contribution in [3.63, 3.8) is 0 Å². The number of benzene rings is 1. The normalized spacial score (nSPS) is 13.9. The molecule has 3 rings (SSSR count). The molecule has 1 fully saturated rings. The highest BCUT2D eigenvalue weighted by Crippen LogP contribution is 2.24. The first-order valence-corrected chi connectivity index (χ1v) is 11.4. The first-order chi connectivity index (χ1) is 15.4. The molecule has 170 valence electrons. The highest BCUT2D eigenvalue weighted by atomic mass is 35.5. The Morgan fingerprint density at radius 3 is 2.59 bits per heavy atom. The van der Waals surface area contributed by atoms with Crippen molar-refractivity contribution < 1.29 is 14.4 Å². The van der Waals surface area contributed by atoms with Gasteiger partial charge in [0.05, 0.1) is 22.5 Å². The van der Waals surface area contributed by atoms with Crippen LogP contribution in [0.5, 0.6) is 0 Å². The maximum Gasteiger partial charge on any atom is 0.255 e. The summed E-state index contributed by atoms with van der Waals surface area (Å²) >= 11 is 12.1. The van der Waals surface area contributed by atoms with Crippen molar-refractivity contribution >= 4 is 52.4 Å². The number of pyridine rings is 1. The van der Waals surface area contributed by atoms with Gasteiger partial charge in [-0.1, -0.05) is 49.4 Å². The largest absolute Gasteiger partial charge is 0.327 e. The van der Waals surface area contributed by atoms with Crippen molar-refractivity contribution in [1.82, 2.24) is 9.88 Å². The number of rotatable bonds is 8. The van der Waals surface area contributed by atoms with Crippen LogP contribution in [0.3, 0.4) is 0 Å². The van der Waals surface area contributed by atoms with Crippen molar-refractivity contribution in [2.24, 2.45) is 0 Å². The molecule has 0 spiro atoms. The van der Waals surface area contributed by atoms with Crippen LogP contribution in [0.2, 0.25) is 10.0 Å². The highest BCUT2D eigenvalue weighted by molar-refractivity contribution is 6.35. The average molecular weight is 477 g/mol. The van der Waals surface area contributed by atoms with Gasteiger partial charge in [0.1, 0.15) is 12.4 Å². The highest BCUT2D eigenvalue weighted by Gasteiger charge is 2.30. The Hall–Kier alpha value is -2.64. The number of hydrogen-bond donors (Lipinski definition) is 1. The fourth-order valence-electron chi connectivity index (χ4n) is 3.48. The Kier molecular flexibility index (Phi) is 8.47. The lowest BCUT2D eigenvalue weighted by Gasteiger charge is -2.34. The molecule has 1 N–H and O–H groups in total. The average Bonchev–Trinajstić information content (AvgIpc) is 2.78. The van der Waals surface area contributed by atoms with Crippen LogP contribution in [0.4, 0.5) is 11.5 Å². The number of anilines is 2. The Balaban J connectivity index is 1.56. The summed E-state index contributed by atoms with van der Waals surface area (Å²) in [6.45, 7) is 2.69. The van der Waals surface area contributed by atoms with E-state index in [0.29, 0.717) is 41.1 Å². The maximum atomic E-state index is 12.8. The third kappa shape index (κ3) is 6.20. The lowest BCUT2D eigenvalue weighted by atomic mass is 10.1. The van der Waals surface area contributed by atoms with E-state index in [4.69, 9.17) is 23.2 Å². The number of unbranched alkanes of at least 4 members (excludes halogenated alkanes) is 3. The molecule has 0 aliphatic carbocycles. The van der Waals surface area contributed by atoms with E-state index in [2.05, 4.69) is 17.2 Å². The second kappa shape index (κ2) is 11.3. The molecule has 0 bridgehead atoms. The zero-order valence-corrected chi connectivity index (χ0v) is 19.5. The summed E-state index contributed by atoms with van der Waals surface area (Å²) in [4.78, 5) is 44.8. The Labute approximate surface area is 197 Å². The minimum absolute atomic E-state index is 0.0430. The molecular formula is C23H26Cl2N4O3. The lowest BCUT2D eigenvalue weighted by Crippen LogP contribution is -2.52. The van der Waals surface area contributed by atoms with E-state index < -0.39 is 0 Å². The molecule has 1 aromatic heterocycles. The van der Waals surface area contributed by atoms with Crippen LogP contribution in [0.15, 0.2) is 36.5 Å². The number of piperazine rings is 1. The molecule has 3 amide bonds. The summed E-state index contributed by atoms with van der Waals surface area (Å²) in [6.07, 6.45) is 6.18. The summed E-state index contributed by atoms with van der Waals surface area (Å²) in [5.74, 6) is -0.152. The van der Waals surface area contributed by atoms with Crippen molar-refractivity contribution in [3.05, 3.63) is 52.1 Å². The van der Waals surface area contributed by atoms with E-state index in [1.807, 2.05) is 0 Å². The minimum atomic E-state index is -0.338. The monoisotopic (exact) mass is 476 g/mol. The molecule has 1 saturated heterocycles. The fourth-order valence-corrected chi connectivity index (χ4v) is 3.85. The van der Waals surface area contributed by atoms with E-state index in [1.165, 1.54) is 22.1 Å². The van der Waals surface area contributed by atoms with Crippen LogP contribution >= 0.6 is 23.2 Å². The van der Waals surface area contributed by atoms with E-state index >= 15 is 0 Å². The number of carbonyl (C=O) groups is 3. The molecule has 0 saturated carbocycles. The predicted octanol–water partition coefficient (Wildman–Crippen LogP) is 4.79. The molecule has 0 atom stereocenters. The SMILES string of the molecule is CCCCCCC(=O)Nc1ccc(N2CCN(C(=O)c3cc(Cl)ccc3Cl)CC2=O)nc1. The predicted molar refractivity (Wildman–Crippen MR) is 126 cm³/mol. The first kappa shape index (κ1) is 24.0. The van der Waals surface area contributed by atoms with Gasteiger partial charge in [-0.25, -0.2) is 4.98 Å². The molecule has 0 unspecified atom stereocenters. The van der Waals surface area contributed by atoms with E-state index in [-0.39, 0.29) is 29.8 Å².